The van der Waals surface area contributed by atoms with Crippen molar-refractivity contribution < 1.29 is 19.8 Å². The van der Waals surface area contributed by atoms with Crippen LogP contribution in [-0.4, -0.2) is 64.9 Å². The molecule has 2 amide bonds. The molecule has 0 bridgehead atoms. The number of thioether (sulfide) groups is 1. The van der Waals surface area contributed by atoms with Gasteiger partial charge in [-0.1, -0.05) is 6.92 Å². The highest BCUT2D eigenvalue weighted by Gasteiger charge is 2.23. The fourth-order valence-corrected chi connectivity index (χ4v) is 2.14. The van der Waals surface area contributed by atoms with Gasteiger partial charge in [0.25, 0.3) is 0 Å². The third-order valence-electron chi connectivity index (χ3n) is 2.48. The average molecular weight is 264 g/mol. The number of urea groups is 1. The Morgan fingerprint density at radius 1 is 1.47 bits per heavy atom. The second-order valence-corrected chi connectivity index (χ2v) is 4.56. The Labute approximate surface area is 105 Å². The molecule has 17 heavy (non-hydrogen) atoms. The molecule has 0 radical (unpaired) electrons. The van der Waals surface area contributed by atoms with E-state index in [0.29, 0.717) is 0 Å². The summed E-state index contributed by atoms with van der Waals surface area (Å²) in [6, 6.07) is -1.68. The highest BCUT2D eigenvalue weighted by atomic mass is 32.2. The van der Waals surface area contributed by atoms with Crippen LogP contribution in [0.25, 0.3) is 0 Å². The van der Waals surface area contributed by atoms with Crippen LogP contribution in [0.3, 0.4) is 0 Å². The lowest BCUT2D eigenvalue weighted by Gasteiger charge is -2.28. The third-order valence-corrected chi connectivity index (χ3v) is 3.19. The zero-order valence-electron chi connectivity index (χ0n) is 10.3. The standard InChI is InChI=1S/C10H20N2O4S/c1-4-7(6-17-3)12(2)10(16)11-8(5-13)9(14)15/h7-8,13H,4-6H2,1-3H3,(H,11,16)(H,14,15)/t7?,8-/m1/s1. The first kappa shape index (κ1) is 16.1. The topological polar surface area (TPSA) is 89.9 Å². The van der Waals surface area contributed by atoms with Crippen LogP contribution in [0.4, 0.5) is 4.79 Å². The van der Waals surface area contributed by atoms with Gasteiger partial charge in [-0.05, 0) is 12.7 Å². The number of amides is 2. The molecule has 0 rings (SSSR count). The molecule has 100 valence electrons. The number of carboxylic acids is 1. The van der Waals surface area contributed by atoms with Gasteiger partial charge in [0.05, 0.1) is 6.61 Å². The number of aliphatic carboxylic acids is 1. The van der Waals surface area contributed by atoms with Gasteiger partial charge in [-0.25, -0.2) is 9.59 Å². The van der Waals surface area contributed by atoms with Crippen molar-refractivity contribution in [3.63, 3.8) is 0 Å². The lowest BCUT2D eigenvalue weighted by molar-refractivity contribution is -0.140. The van der Waals surface area contributed by atoms with Crippen molar-refractivity contribution in [1.82, 2.24) is 10.2 Å². The number of aliphatic hydroxyl groups excluding tert-OH is 1. The molecule has 0 aliphatic heterocycles. The number of carboxylic acid groups (broad SMARTS) is 1. The molecule has 0 saturated heterocycles. The summed E-state index contributed by atoms with van der Waals surface area (Å²) in [4.78, 5) is 23.9. The Kier molecular flexibility index (Phi) is 7.73. The van der Waals surface area contributed by atoms with Crippen molar-refractivity contribution in [2.24, 2.45) is 0 Å². The number of hydrogen-bond donors (Lipinski definition) is 3. The van der Waals surface area contributed by atoms with Crippen molar-refractivity contribution in [3.8, 4) is 0 Å². The van der Waals surface area contributed by atoms with Crippen LogP contribution in [-0.2, 0) is 4.79 Å². The number of carbonyl (C=O) groups is 2. The van der Waals surface area contributed by atoms with Crippen LogP contribution in [0.2, 0.25) is 0 Å². The van der Waals surface area contributed by atoms with Gasteiger partial charge in [-0.15, -0.1) is 0 Å². The van der Waals surface area contributed by atoms with Gasteiger partial charge < -0.3 is 20.4 Å². The molecule has 0 aromatic rings. The normalized spacial score (nSPS) is 13.9. The van der Waals surface area contributed by atoms with Crippen LogP contribution in [0.1, 0.15) is 13.3 Å². The number of nitrogens with one attached hydrogen (secondary N) is 1. The molecule has 7 heteroatoms. The quantitative estimate of drug-likeness (QED) is 0.612. The Morgan fingerprint density at radius 3 is 2.41 bits per heavy atom. The molecule has 0 saturated carbocycles. The van der Waals surface area contributed by atoms with E-state index in [2.05, 4.69) is 5.32 Å². The van der Waals surface area contributed by atoms with Crippen LogP contribution in [0.5, 0.6) is 0 Å². The molecular formula is C10H20N2O4S. The number of rotatable bonds is 7. The zero-order chi connectivity index (χ0) is 13.4. The van der Waals surface area contributed by atoms with Crippen molar-refractivity contribution in [1.29, 1.82) is 0 Å². The second kappa shape index (κ2) is 8.19. The first-order valence-electron chi connectivity index (χ1n) is 5.33. The molecule has 0 heterocycles. The van der Waals surface area contributed by atoms with Gasteiger partial charge in [-0.2, -0.15) is 11.8 Å². The van der Waals surface area contributed by atoms with Crippen LogP contribution in [0.15, 0.2) is 0 Å². The molecule has 0 spiro atoms. The fraction of sp³-hybridized carbons (Fsp3) is 0.800. The molecule has 0 aromatic carbocycles. The van der Waals surface area contributed by atoms with Crippen molar-refractivity contribution >= 4 is 23.8 Å². The molecule has 3 N–H and O–H groups in total. The SMILES string of the molecule is CCC(CSC)N(C)C(=O)N[C@H](CO)C(=O)O. The lowest BCUT2D eigenvalue weighted by Crippen LogP contribution is -2.51. The fourth-order valence-electron chi connectivity index (χ4n) is 1.30. The average Bonchev–Trinajstić information content (AvgIpc) is 2.31. The van der Waals surface area contributed by atoms with E-state index in [4.69, 9.17) is 10.2 Å². The first-order chi connectivity index (χ1) is 7.97. The molecule has 0 aliphatic rings. The monoisotopic (exact) mass is 264 g/mol. The highest BCUT2D eigenvalue weighted by Crippen LogP contribution is 2.08. The molecule has 2 atom stereocenters. The molecule has 1 unspecified atom stereocenters. The molecule has 0 aliphatic carbocycles. The molecular weight excluding hydrogens is 244 g/mol. The minimum Gasteiger partial charge on any atom is -0.480 e. The summed E-state index contributed by atoms with van der Waals surface area (Å²) in [5, 5.41) is 19.8. The Hall–Kier alpha value is -0.950. The predicted molar refractivity (Wildman–Crippen MR) is 67.3 cm³/mol. The van der Waals surface area contributed by atoms with E-state index in [1.165, 1.54) is 4.90 Å². The summed E-state index contributed by atoms with van der Waals surface area (Å²) in [6.07, 6.45) is 2.74. The van der Waals surface area contributed by atoms with Crippen molar-refractivity contribution in [2.75, 3.05) is 25.7 Å². The minimum absolute atomic E-state index is 0.0538. The zero-order valence-corrected chi connectivity index (χ0v) is 11.2. The Bertz CT molecular complexity index is 263. The maximum Gasteiger partial charge on any atom is 0.328 e. The first-order valence-corrected chi connectivity index (χ1v) is 6.73. The van der Waals surface area contributed by atoms with Gasteiger partial charge in [0.2, 0.25) is 0 Å². The number of aliphatic hydroxyl groups is 1. The van der Waals surface area contributed by atoms with E-state index in [1.807, 2.05) is 13.2 Å². The number of nitrogens with zero attached hydrogens (tertiary/aromatic N) is 1. The Morgan fingerprint density at radius 2 is 2.06 bits per heavy atom. The molecule has 0 aromatic heterocycles. The summed E-state index contributed by atoms with van der Waals surface area (Å²) in [7, 11) is 1.62. The second-order valence-electron chi connectivity index (χ2n) is 3.65. The van der Waals surface area contributed by atoms with Gasteiger partial charge in [-0.3, -0.25) is 0 Å². The summed E-state index contributed by atoms with van der Waals surface area (Å²) in [6.45, 7) is 1.35. The van der Waals surface area contributed by atoms with E-state index >= 15 is 0 Å². The largest absolute Gasteiger partial charge is 0.480 e. The van der Waals surface area contributed by atoms with Crippen LogP contribution in [0, 0.1) is 0 Å². The summed E-state index contributed by atoms with van der Waals surface area (Å²) < 4.78 is 0. The predicted octanol–water partition coefficient (Wildman–Crippen LogP) is 0.215. The number of hydrogen-bond acceptors (Lipinski definition) is 4. The van der Waals surface area contributed by atoms with Crippen LogP contribution >= 0.6 is 11.8 Å². The van der Waals surface area contributed by atoms with E-state index in [0.717, 1.165) is 12.2 Å². The Balaban J connectivity index is 4.42. The molecule has 6 nitrogen and oxygen atoms in total. The maximum atomic E-state index is 11.7. The van der Waals surface area contributed by atoms with Gasteiger partial charge in [0, 0.05) is 18.8 Å². The van der Waals surface area contributed by atoms with Gasteiger partial charge in [0.1, 0.15) is 0 Å². The molecule has 0 fully saturated rings. The van der Waals surface area contributed by atoms with Gasteiger partial charge in [0.15, 0.2) is 6.04 Å². The lowest BCUT2D eigenvalue weighted by atomic mass is 10.2. The van der Waals surface area contributed by atoms with E-state index in [9.17, 15) is 9.59 Å². The smallest absolute Gasteiger partial charge is 0.328 e. The van der Waals surface area contributed by atoms with Gasteiger partial charge >= 0.3 is 12.0 Å². The van der Waals surface area contributed by atoms with E-state index in [-0.39, 0.29) is 6.04 Å². The number of carbonyl (C=O) groups excluding carboxylic acids is 1. The summed E-state index contributed by atoms with van der Waals surface area (Å²) >= 11 is 1.62. The van der Waals surface area contributed by atoms with Crippen molar-refractivity contribution in [2.45, 2.75) is 25.4 Å². The van der Waals surface area contributed by atoms with E-state index < -0.39 is 24.6 Å². The summed E-state index contributed by atoms with van der Waals surface area (Å²) in [5.41, 5.74) is 0. The third kappa shape index (κ3) is 5.27. The highest BCUT2D eigenvalue weighted by molar-refractivity contribution is 7.98. The minimum atomic E-state index is -1.25. The summed E-state index contributed by atoms with van der Waals surface area (Å²) in [5.74, 6) is -0.454. The van der Waals surface area contributed by atoms with Crippen LogP contribution < -0.4 is 5.32 Å². The van der Waals surface area contributed by atoms with E-state index in [1.54, 1.807) is 18.8 Å². The maximum absolute atomic E-state index is 11.7. The van der Waals surface area contributed by atoms with Crippen molar-refractivity contribution in [3.05, 3.63) is 0 Å².